The summed E-state index contributed by atoms with van der Waals surface area (Å²) in [5, 5.41) is 8.62. The predicted octanol–water partition coefficient (Wildman–Crippen LogP) is 1.03. The van der Waals surface area contributed by atoms with Gasteiger partial charge >= 0.3 is 5.97 Å². The Balaban J connectivity index is 2.83. The smallest absolute Gasteiger partial charge is 0.304 e. The molecule has 0 aromatic heterocycles. The number of benzene rings is 1. The first-order valence-corrected chi connectivity index (χ1v) is 5.61. The monoisotopic (exact) mass is 256 g/mol. The predicted molar refractivity (Wildman–Crippen MR) is 64.7 cm³/mol. The van der Waals surface area contributed by atoms with Crippen LogP contribution in [-0.4, -0.2) is 23.7 Å². The van der Waals surface area contributed by atoms with Crippen molar-refractivity contribution in [1.82, 2.24) is 0 Å². The maximum Gasteiger partial charge on any atom is 0.304 e. The Morgan fingerprint density at radius 2 is 2.17 bits per heavy atom. The van der Waals surface area contributed by atoms with E-state index >= 15 is 0 Å². The van der Waals surface area contributed by atoms with Crippen molar-refractivity contribution < 1.29 is 19.0 Å². The number of rotatable bonds is 6. The lowest BCUT2D eigenvalue weighted by molar-refractivity contribution is -0.137. The summed E-state index contributed by atoms with van der Waals surface area (Å²) in [6.45, 7) is 2.11. The van der Waals surface area contributed by atoms with Crippen molar-refractivity contribution in [2.45, 2.75) is 25.4 Å². The molecule has 2 atom stereocenters. The van der Waals surface area contributed by atoms with Gasteiger partial charge in [-0.2, -0.15) is 0 Å². The van der Waals surface area contributed by atoms with Crippen LogP contribution in [0.5, 0.6) is 5.75 Å². The quantitative estimate of drug-likeness (QED) is 0.706. The van der Waals surface area contributed by atoms with E-state index in [1.54, 1.807) is 13.0 Å². The van der Waals surface area contributed by atoms with Crippen LogP contribution < -0.4 is 16.2 Å². The van der Waals surface area contributed by atoms with Gasteiger partial charge in [-0.3, -0.25) is 4.79 Å². The summed E-state index contributed by atoms with van der Waals surface area (Å²) in [6, 6.07) is 2.77. The Morgan fingerprint density at radius 1 is 1.50 bits per heavy atom. The molecular weight excluding hydrogens is 239 g/mol. The number of nitrogens with two attached hydrogens (primary N) is 2. The van der Waals surface area contributed by atoms with E-state index in [2.05, 4.69) is 0 Å². The summed E-state index contributed by atoms with van der Waals surface area (Å²) in [5.41, 5.74) is 11.9. The fourth-order valence-corrected chi connectivity index (χ4v) is 1.57. The van der Waals surface area contributed by atoms with E-state index in [9.17, 15) is 9.18 Å². The molecule has 0 fully saturated rings. The zero-order valence-electron chi connectivity index (χ0n) is 10.1. The molecule has 18 heavy (non-hydrogen) atoms. The number of hydrogen-bond donors (Lipinski definition) is 3. The molecule has 0 radical (unpaired) electrons. The Labute approximate surface area is 105 Å². The Kier molecular flexibility index (Phi) is 5.06. The van der Waals surface area contributed by atoms with Gasteiger partial charge in [-0.15, -0.1) is 0 Å². The summed E-state index contributed by atoms with van der Waals surface area (Å²) in [6.07, 6.45) is -0.268. The molecule has 1 rings (SSSR count). The third-order valence-corrected chi connectivity index (χ3v) is 2.51. The van der Waals surface area contributed by atoms with Crippen LogP contribution in [0, 0.1) is 5.82 Å². The van der Waals surface area contributed by atoms with Crippen LogP contribution in [0.3, 0.4) is 0 Å². The second-order valence-corrected chi connectivity index (χ2v) is 3.91. The fourth-order valence-electron chi connectivity index (χ4n) is 1.57. The maximum absolute atomic E-state index is 13.6. The van der Waals surface area contributed by atoms with Crippen LogP contribution in [0.25, 0.3) is 0 Å². The van der Waals surface area contributed by atoms with Crippen molar-refractivity contribution >= 4 is 5.97 Å². The third kappa shape index (κ3) is 3.68. The van der Waals surface area contributed by atoms with Crippen molar-refractivity contribution in [3.8, 4) is 5.75 Å². The third-order valence-electron chi connectivity index (χ3n) is 2.51. The van der Waals surface area contributed by atoms with E-state index in [-0.39, 0.29) is 12.2 Å². The lowest BCUT2D eigenvalue weighted by Gasteiger charge is -2.19. The highest BCUT2D eigenvalue weighted by atomic mass is 19.1. The maximum atomic E-state index is 13.6. The summed E-state index contributed by atoms with van der Waals surface area (Å²) in [5.74, 6) is -1.43. The average molecular weight is 256 g/mol. The van der Waals surface area contributed by atoms with Gasteiger partial charge in [0.05, 0.1) is 13.0 Å². The molecule has 0 saturated heterocycles. The molecule has 0 spiro atoms. The molecule has 0 aliphatic heterocycles. The van der Waals surface area contributed by atoms with Gasteiger partial charge in [0.25, 0.3) is 0 Å². The highest BCUT2D eigenvalue weighted by Gasteiger charge is 2.19. The van der Waals surface area contributed by atoms with E-state index in [1.165, 1.54) is 12.1 Å². The molecule has 5 N–H and O–H groups in total. The number of ether oxygens (including phenoxy) is 1. The summed E-state index contributed by atoms with van der Waals surface area (Å²) in [4.78, 5) is 10.5. The number of carboxylic acids is 1. The Bertz CT molecular complexity index is 426. The first kappa shape index (κ1) is 14.4. The molecule has 0 amide bonds. The molecule has 6 heteroatoms. The van der Waals surface area contributed by atoms with E-state index in [1.807, 2.05) is 0 Å². The standard InChI is InChI=1S/C12H17FN2O3/c1-2-18-10-4-3-7(5-8(10)13)12(15)9(14)6-11(16)17/h3-5,9,12H,2,6,14-15H2,1H3,(H,16,17). The van der Waals surface area contributed by atoms with Crippen molar-refractivity contribution in [1.29, 1.82) is 0 Å². The highest BCUT2D eigenvalue weighted by molar-refractivity contribution is 5.67. The van der Waals surface area contributed by atoms with E-state index in [4.69, 9.17) is 21.3 Å². The first-order chi connectivity index (χ1) is 8.45. The minimum absolute atomic E-state index is 0.139. The highest BCUT2D eigenvalue weighted by Crippen LogP contribution is 2.23. The summed E-state index contributed by atoms with van der Waals surface area (Å²) < 4.78 is 18.6. The van der Waals surface area contributed by atoms with Gasteiger partial charge in [0.1, 0.15) is 0 Å². The zero-order chi connectivity index (χ0) is 13.7. The minimum atomic E-state index is -1.04. The number of aliphatic carboxylic acids is 1. The van der Waals surface area contributed by atoms with Crippen LogP contribution in [0.1, 0.15) is 24.9 Å². The van der Waals surface area contributed by atoms with Crippen LogP contribution in [0.15, 0.2) is 18.2 Å². The SMILES string of the molecule is CCOc1ccc(C(N)C(N)CC(=O)O)cc1F. The van der Waals surface area contributed by atoms with Crippen LogP contribution in [0.4, 0.5) is 4.39 Å². The second kappa shape index (κ2) is 6.32. The van der Waals surface area contributed by atoms with Gasteiger partial charge < -0.3 is 21.3 Å². The normalized spacial score (nSPS) is 14.0. The molecule has 0 aliphatic rings. The van der Waals surface area contributed by atoms with E-state index in [0.29, 0.717) is 12.2 Å². The molecule has 5 nitrogen and oxygen atoms in total. The fraction of sp³-hybridized carbons (Fsp3) is 0.417. The summed E-state index contributed by atoms with van der Waals surface area (Å²) >= 11 is 0. The lowest BCUT2D eigenvalue weighted by atomic mass is 9.98. The second-order valence-electron chi connectivity index (χ2n) is 3.91. The lowest BCUT2D eigenvalue weighted by Crippen LogP contribution is -2.36. The van der Waals surface area contributed by atoms with Crippen LogP contribution in [-0.2, 0) is 4.79 Å². The van der Waals surface area contributed by atoms with Gasteiger partial charge in [0.15, 0.2) is 11.6 Å². The number of carboxylic acid groups (broad SMARTS) is 1. The Hall–Kier alpha value is -1.66. The van der Waals surface area contributed by atoms with Gasteiger partial charge in [0, 0.05) is 12.1 Å². The molecule has 0 aliphatic carbocycles. The van der Waals surface area contributed by atoms with Crippen LogP contribution in [0.2, 0.25) is 0 Å². The average Bonchev–Trinajstić information content (AvgIpc) is 2.30. The Morgan fingerprint density at radius 3 is 2.67 bits per heavy atom. The van der Waals surface area contributed by atoms with Gasteiger partial charge in [-0.05, 0) is 24.6 Å². The van der Waals surface area contributed by atoms with Crippen molar-refractivity contribution in [3.63, 3.8) is 0 Å². The van der Waals surface area contributed by atoms with Gasteiger partial charge in [-0.25, -0.2) is 4.39 Å². The largest absolute Gasteiger partial charge is 0.491 e. The first-order valence-electron chi connectivity index (χ1n) is 5.61. The topological polar surface area (TPSA) is 98.6 Å². The van der Waals surface area contributed by atoms with E-state index in [0.717, 1.165) is 0 Å². The molecule has 1 aromatic carbocycles. The van der Waals surface area contributed by atoms with Crippen molar-refractivity contribution in [2.75, 3.05) is 6.61 Å². The summed E-state index contributed by atoms with van der Waals surface area (Å²) in [7, 11) is 0. The molecule has 2 unspecified atom stereocenters. The minimum Gasteiger partial charge on any atom is -0.491 e. The van der Waals surface area contributed by atoms with Crippen molar-refractivity contribution in [2.24, 2.45) is 11.5 Å². The zero-order valence-corrected chi connectivity index (χ0v) is 10.1. The number of halogens is 1. The van der Waals surface area contributed by atoms with E-state index < -0.39 is 23.9 Å². The molecule has 1 aromatic rings. The van der Waals surface area contributed by atoms with Gasteiger partial charge in [0.2, 0.25) is 0 Å². The number of carbonyl (C=O) groups is 1. The van der Waals surface area contributed by atoms with Gasteiger partial charge in [-0.1, -0.05) is 6.07 Å². The van der Waals surface area contributed by atoms with Crippen molar-refractivity contribution in [3.05, 3.63) is 29.6 Å². The molecule has 0 bridgehead atoms. The van der Waals surface area contributed by atoms with Crippen LogP contribution >= 0.6 is 0 Å². The molecule has 0 saturated carbocycles. The molecule has 100 valence electrons. The molecular formula is C12H17FN2O3. The molecule has 0 heterocycles. The number of hydrogen-bond acceptors (Lipinski definition) is 4.